The van der Waals surface area contributed by atoms with Crippen LogP contribution >= 0.6 is 0 Å². The Morgan fingerprint density at radius 3 is 2.71 bits per heavy atom. The second-order valence-electron chi connectivity index (χ2n) is 6.53. The van der Waals surface area contributed by atoms with Crippen LogP contribution in [0.4, 0.5) is 10.3 Å². The molecule has 1 atom stereocenters. The fraction of sp³-hybridized carbons (Fsp3) is 0.316. The summed E-state index contributed by atoms with van der Waals surface area (Å²) >= 11 is 0. The maximum absolute atomic E-state index is 13.2. The summed E-state index contributed by atoms with van der Waals surface area (Å²) in [7, 11) is 2.14. The van der Waals surface area contributed by atoms with Crippen LogP contribution in [0.1, 0.15) is 12.0 Å². The summed E-state index contributed by atoms with van der Waals surface area (Å²) in [5.74, 6) is 0.683. The number of nitrogens with zero attached hydrogens (tertiary/aromatic N) is 3. The SMILES string of the molecule is CN1CCC(Nc2nc3ccccc3n2Cc2ccc(F)cc2)C1. The van der Waals surface area contributed by atoms with Gasteiger partial charge in [0.2, 0.25) is 5.95 Å². The van der Waals surface area contributed by atoms with Crippen LogP contribution in [0.2, 0.25) is 0 Å². The molecule has 2 aromatic carbocycles. The lowest BCUT2D eigenvalue weighted by Gasteiger charge is -2.16. The maximum atomic E-state index is 13.2. The van der Waals surface area contributed by atoms with Crippen molar-refractivity contribution in [3.8, 4) is 0 Å². The minimum Gasteiger partial charge on any atom is -0.352 e. The Kier molecular flexibility index (Phi) is 3.94. The molecule has 24 heavy (non-hydrogen) atoms. The lowest BCUT2D eigenvalue weighted by molar-refractivity contribution is 0.413. The Bertz CT molecular complexity index is 840. The third kappa shape index (κ3) is 2.99. The highest BCUT2D eigenvalue weighted by Gasteiger charge is 2.21. The maximum Gasteiger partial charge on any atom is 0.204 e. The minimum absolute atomic E-state index is 0.207. The Labute approximate surface area is 140 Å². The van der Waals surface area contributed by atoms with Crippen molar-refractivity contribution in [1.29, 1.82) is 0 Å². The first kappa shape index (κ1) is 15.1. The molecule has 1 saturated heterocycles. The second-order valence-corrected chi connectivity index (χ2v) is 6.53. The lowest BCUT2D eigenvalue weighted by atomic mass is 10.2. The monoisotopic (exact) mass is 324 g/mol. The van der Waals surface area contributed by atoms with Crippen molar-refractivity contribution >= 4 is 17.0 Å². The van der Waals surface area contributed by atoms with Crippen molar-refractivity contribution in [2.75, 3.05) is 25.5 Å². The summed E-state index contributed by atoms with van der Waals surface area (Å²) in [4.78, 5) is 7.10. The molecule has 0 bridgehead atoms. The number of likely N-dealkylation sites (tertiary alicyclic amines) is 1. The van der Waals surface area contributed by atoms with E-state index in [0.717, 1.165) is 42.1 Å². The molecule has 1 aromatic heterocycles. The van der Waals surface area contributed by atoms with Gasteiger partial charge in [0.25, 0.3) is 0 Å². The van der Waals surface area contributed by atoms with E-state index in [4.69, 9.17) is 4.98 Å². The van der Waals surface area contributed by atoms with Gasteiger partial charge in [-0.3, -0.25) is 0 Å². The zero-order chi connectivity index (χ0) is 16.5. The number of halogens is 1. The largest absolute Gasteiger partial charge is 0.352 e. The highest BCUT2D eigenvalue weighted by molar-refractivity contribution is 5.78. The van der Waals surface area contributed by atoms with Gasteiger partial charge in [0.15, 0.2) is 0 Å². The molecule has 124 valence electrons. The molecule has 0 aliphatic carbocycles. The molecule has 1 unspecified atom stereocenters. The van der Waals surface area contributed by atoms with Gasteiger partial charge >= 0.3 is 0 Å². The summed E-state index contributed by atoms with van der Waals surface area (Å²) in [6.07, 6.45) is 1.12. The van der Waals surface area contributed by atoms with Gasteiger partial charge in [-0.2, -0.15) is 0 Å². The molecule has 1 fully saturated rings. The average Bonchev–Trinajstić information content (AvgIpc) is 3.14. The molecule has 3 aromatic rings. The molecule has 1 aliphatic rings. The lowest BCUT2D eigenvalue weighted by Crippen LogP contribution is -2.25. The van der Waals surface area contributed by atoms with Crippen molar-refractivity contribution in [3.05, 3.63) is 59.9 Å². The van der Waals surface area contributed by atoms with Crippen LogP contribution in [0.3, 0.4) is 0 Å². The normalized spacial score (nSPS) is 18.3. The highest BCUT2D eigenvalue weighted by atomic mass is 19.1. The van der Waals surface area contributed by atoms with E-state index in [0.29, 0.717) is 12.6 Å². The number of aromatic nitrogens is 2. The second kappa shape index (κ2) is 6.24. The Morgan fingerprint density at radius 1 is 1.17 bits per heavy atom. The van der Waals surface area contributed by atoms with Gasteiger partial charge in [-0.05, 0) is 49.8 Å². The molecule has 0 radical (unpaired) electrons. The molecule has 0 saturated carbocycles. The van der Waals surface area contributed by atoms with Crippen LogP contribution in [0, 0.1) is 5.82 Å². The number of hydrogen-bond acceptors (Lipinski definition) is 3. The van der Waals surface area contributed by atoms with Crippen molar-refractivity contribution in [2.45, 2.75) is 19.0 Å². The van der Waals surface area contributed by atoms with Crippen molar-refractivity contribution in [2.24, 2.45) is 0 Å². The summed E-state index contributed by atoms with van der Waals surface area (Å²) < 4.78 is 15.4. The summed E-state index contributed by atoms with van der Waals surface area (Å²) in [5, 5.41) is 3.60. The number of likely N-dealkylation sites (N-methyl/N-ethyl adjacent to an activating group) is 1. The Hall–Kier alpha value is -2.40. The number of fused-ring (bicyclic) bond motifs is 1. The van der Waals surface area contributed by atoms with Crippen LogP contribution in [0.5, 0.6) is 0 Å². The molecule has 1 aliphatic heterocycles. The molecule has 5 heteroatoms. The predicted octanol–water partition coefficient (Wildman–Crippen LogP) is 3.34. The molecular weight excluding hydrogens is 303 g/mol. The number of imidazole rings is 1. The van der Waals surface area contributed by atoms with E-state index in [9.17, 15) is 4.39 Å². The van der Waals surface area contributed by atoms with Crippen LogP contribution in [0.15, 0.2) is 48.5 Å². The van der Waals surface area contributed by atoms with E-state index in [1.165, 1.54) is 12.1 Å². The summed E-state index contributed by atoms with van der Waals surface area (Å²) in [5.41, 5.74) is 3.13. The number of rotatable bonds is 4. The van der Waals surface area contributed by atoms with E-state index in [-0.39, 0.29) is 5.82 Å². The van der Waals surface area contributed by atoms with E-state index >= 15 is 0 Å². The fourth-order valence-corrected chi connectivity index (χ4v) is 3.35. The van der Waals surface area contributed by atoms with Crippen molar-refractivity contribution < 1.29 is 4.39 Å². The first-order valence-corrected chi connectivity index (χ1v) is 8.34. The van der Waals surface area contributed by atoms with Gasteiger partial charge in [0.05, 0.1) is 17.6 Å². The van der Waals surface area contributed by atoms with E-state index in [1.54, 1.807) is 0 Å². The number of hydrogen-bond donors (Lipinski definition) is 1. The molecular formula is C19H21FN4. The zero-order valence-electron chi connectivity index (χ0n) is 13.7. The van der Waals surface area contributed by atoms with Crippen molar-refractivity contribution in [3.63, 3.8) is 0 Å². The molecule has 4 nitrogen and oxygen atoms in total. The van der Waals surface area contributed by atoms with Gasteiger partial charge in [-0.1, -0.05) is 24.3 Å². The van der Waals surface area contributed by atoms with Gasteiger partial charge in [-0.15, -0.1) is 0 Å². The predicted molar refractivity (Wildman–Crippen MR) is 94.8 cm³/mol. The molecule has 1 N–H and O–H groups in total. The van der Waals surface area contributed by atoms with Crippen LogP contribution < -0.4 is 5.32 Å². The molecule has 0 spiro atoms. The van der Waals surface area contributed by atoms with E-state index < -0.39 is 0 Å². The van der Waals surface area contributed by atoms with E-state index in [2.05, 4.69) is 27.9 Å². The number of benzene rings is 2. The highest BCUT2D eigenvalue weighted by Crippen LogP contribution is 2.23. The molecule has 2 heterocycles. The number of anilines is 1. The Morgan fingerprint density at radius 2 is 1.96 bits per heavy atom. The first-order valence-electron chi connectivity index (χ1n) is 8.34. The topological polar surface area (TPSA) is 33.1 Å². The third-order valence-electron chi connectivity index (χ3n) is 4.63. The number of para-hydroxylation sites is 2. The molecule has 4 rings (SSSR count). The quantitative estimate of drug-likeness (QED) is 0.799. The average molecular weight is 324 g/mol. The standard InChI is InChI=1S/C19H21FN4/c1-23-11-10-16(13-23)21-19-22-17-4-2-3-5-18(17)24(19)12-14-6-8-15(20)9-7-14/h2-9,16H,10-13H2,1H3,(H,21,22). The number of nitrogens with one attached hydrogen (secondary N) is 1. The van der Waals surface area contributed by atoms with Gasteiger partial charge in [0, 0.05) is 12.6 Å². The first-order chi connectivity index (χ1) is 11.7. The third-order valence-corrected chi connectivity index (χ3v) is 4.63. The van der Waals surface area contributed by atoms with Gasteiger partial charge in [-0.25, -0.2) is 9.37 Å². The van der Waals surface area contributed by atoms with Gasteiger partial charge in [0.1, 0.15) is 5.82 Å². The molecule has 0 amide bonds. The van der Waals surface area contributed by atoms with Crippen LogP contribution in [0.25, 0.3) is 11.0 Å². The smallest absolute Gasteiger partial charge is 0.204 e. The summed E-state index contributed by atoms with van der Waals surface area (Å²) in [6, 6.07) is 15.2. The van der Waals surface area contributed by atoms with E-state index in [1.807, 2.05) is 30.3 Å². The fourth-order valence-electron chi connectivity index (χ4n) is 3.35. The Balaban J connectivity index is 1.68. The van der Waals surface area contributed by atoms with Crippen LogP contribution in [-0.4, -0.2) is 40.6 Å². The summed E-state index contributed by atoms with van der Waals surface area (Å²) in [6.45, 7) is 2.81. The minimum atomic E-state index is -0.207. The van der Waals surface area contributed by atoms with Crippen molar-refractivity contribution in [1.82, 2.24) is 14.5 Å². The van der Waals surface area contributed by atoms with Gasteiger partial charge < -0.3 is 14.8 Å². The zero-order valence-corrected chi connectivity index (χ0v) is 13.7. The van der Waals surface area contributed by atoms with Crippen LogP contribution in [-0.2, 0) is 6.54 Å².